The van der Waals surface area contributed by atoms with E-state index < -0.39 is 17.9 Å². The van der Waals surface area contributed by atoms with E-state index in [0.29, 0.717) is 18.8 Å². The average Bonchev–Trinajstić information content (AvgIpc) is 2.83. The molecule has 1 heterocycles. The van der Waals surface area contributed by atoms with Crippen molar-refractivity contribution >= 4 is 11.9 Å². The van der Waals surface area contributed by atoms with Crippen molar-refractivity contribution in [3.8, 4) is 0 Å². The molecule has 3 N–H and O–H groups in total. The van der Waals surface area contributed by atoms with E-state index in [0.717, 1.165) is 0 Å². The summed E-state index contributed by atoms with van der Waals surface area (Å²) >= 11 is 0. The van der Waals surface area contributed by atoms with Crippen LogP contribution >= 0.6 is 0 Å². The first-order chi connectivity index (χ1) is 9.10. The molecule has 0 bridgehead atoms. The molecule has 1 atom stereocenters. The number of hydrogen-bond acceptors (Lipinski definition) is 4. The Balaban J connectivity index is 2.71. The van der Waals surface area contributed by atoms with Gasteiger partial charge in [-0.3, -0.25) is 4.79 Å². The molecule has 0 spiro atoms. The van der Waals surface area contributed by atoms with Crippen LogP contribution in [0.25, 0.3) is 0 Å². The van der Waals surface area contributed by atoms with Crippen LogP contribution in [0.1, 0.15) is 16.9 Å². The Kier molecular flexibility index (Phi) is 6.04. The number of carboxylic acids is 1. The van der Waals surface area contributed by atoms with Gasteiger partial charge in [0.15, 0.2) is 0 Å². The topological polar surface area (TPSA) is 101 Å². The molecule has 1 aromatic rings. The number of hydrogen-bond donors (Lipinski definition) is 3. The van der Waals surface area contributed by atoms with Gasteiger partial charge in [0.05, 0.1) is 6.61 Å². The van der Waals surface area contributed by atoms with Gasteiger partial charge in [0.25, 0.3) is 5.91 Å². The quantitative estimate of drug-likeness (QED) is 0.602. The summed E-state index contributed by atoms with van der Waals surface area (Å²) in [4.78, 5) is 22.9. The third-order valence-electron chi connectivity index (χ3n) is 2.62. The highest BCUT2D eigenvalue weighted by molar-refractivity contribution is 5.95. The number of nitrogens with zero attached hydrogens (tertiary/aromatic N) is 1. The number of carboxylic acid groups (broad SMARTS) is 1. The zero-order valence-corrected chi connectivity index (χ0v) is 10.7. The van der Waals surface area contributed by atoms with E-state index in [1.165, 1.54) is 0 Å². The zero-order valence-electron chi connectivity index (χ0n) is 10.7. The van der Waals surface area contributed by atoms with Crippen molar-refractivity contribution < 1.29 is 24.5 Å². The minimum Gasteiger partial charge on any atom is -0.480 e. The fourth-order valence-corrected chi connectivity index (χ4v) is 1.62. The Bertz CT molecular complexity index is 430. The standard InChI is InChI=1S/C12H18N2O5/c1-19-8-6-14-5-2-3-10(14)11(16)13-9(4-7-15)12(17)18/h2-3,5,9,15H,4,6-8H2,1H3,(H,13,16)(H,17,18)/t9-/m1/s1. The molecule has 7 nitrogen and oxygen atoms in total. The summed E-state index contributed by atoms with van der Waals surface area (Å²) in [5.74, 6) is -1.65. The van der Waals surface area contributed by atoms with Crippen LogP contribution in [0.3, 0.4) is 0 Å². The fourth-order valence-electron chi connectivity index (χ4n) is 1.62. The van der Waals surface area contributed by atoms with Gasteiger partial charge in [0, 0.05) is 32.9 Å². The number of rotatable bonds is 8. The zero-order chi connectivity index (χ0) is 14.3. The second-order valence-electron chi connectivity index (χ2n) is 3.96. The van der Waals surface area contributed by atoms with Gasteiger partial charge in [0.1, 0.15) is 11.7 Å². The lowest BCUT2D eigenvalue weighted by atomic mass is 10.2. The van der Waals surface area contributed by atoms with Crippen molar-refractivity contribution in [1.29, 1.82) is 0 Å². The smallest absolute Gasteiger partial charge is 0.326 e. The predicted octanol–water partition coefficient (Wildman–Crippen LogP) is -0.300. The van der Waals surface area contributed by atoms with Crippen molar-refractivity contribution in [1.82, 2.24) is 9.88 Å². The van der Waals surface area contributed by atoms with E-state index in [9.17, 15) is 9.59 Å². The molecule has 0 aliphatic heterocycles. The third-order valence-corrected chi connectivity index (χ3v) is 2.62. The number of aliphatic hydroxyl groups excluding tert-OH is 1. The maximum atomic E-state index is 12.0. The van der Waals surface area contributed by atoms with Crippen LogP contribution in [0.15, 0.2) is 18.3 Å². The summed E-state index contributed by atoms with van der Waals surface area (Å²) in [6.45, 7) is 0.653. The summed E-state index contributed by atoms with van der Waals surface area (Å²) in [6.07, 6.45) is 1.69. The number of aliphatic carboxylic acids is 1. The number of carbonyl (C=O) groups excluding carboxylic acids is 1. The molecule has 7 heteroatoms. The van der Waals surface area contributed by atoms with Crippen molar-refractivity contribution in [3.05, 3.63) is 24.0 Å². The van der Waals surface area contributed by atoms with Gasteiger partial charge in [-0.05, 0) is 12.1 Å². The number of amides is 1. The van der Waals surface area contributed by atoms with Crippen molar-refractivity contribution in [2.75, 3.05) is 20.3 Å². The van der Waals surface area contributed by atoms with Gasteiger partial charge in [0.2, 0.25) is 0 Å². The van der Waals surface area contributed by atoms with E-state index in [1.807, 2.05) is 0 Å². The number of carbonyl (C=O) groups is 2. The van der Waals surface area contributed by atoms with E-state index in [1.54, 1.807) is 30.0 Å². The highest BCUT2D eigenvalue weighted by Crippen LogP contribution is 2.04. The molecule has 106 valence electrons. The van der Waals surface area contributed by atoms with Crippen LogP contribution in [0.2, 0.25) is 0 Å². The molecule has 19 heavy (non-hydrogen) atoms. The van der Waals surface area contributed by atoms with E-state index in [2.05, 4.69) is 5.32 Å². The lowest BCUT2D eigenvalue weighted by Crippen LogP contribution is -2.42. The first-order valence-electron chi connectivity index (χ1n) is 5.88. The monoisotopic (exact) mass is 270 g/mol. The van der Waals surface area contributed by atoms with Crippen LogP contribution in [-0.2, 0) is 16.1 Å². The number of aliphatic hydroxyl groups is 1. The minimum atomic E-state index is -1.17. The molecule has 0 unspecified atom stereocenters. The van der Waals surface area contributed by atoms with E-state index >= 15 is 0 Å². The summed E-state index contributed by atoms with van der Waals surface area (Å²) in [7, 11) is 1.56. The second kappa shape index (κ2) is 7.55. The summed E-state index contributed by atoms with van der Waals surface area (Å²) in [5.41, 5.74) is 0.362. The lowest BCUT2D eigenvalue weighted by molar-refractivity contribution is -0.139. The number of aromatic nitrogens is 1. The van der Waals surface area contributed by atoms with E-state index in [4.69, 9.17) is 14.9 Å². The van der Waals surface area contributed by atoms with Crippen LogP contribution in [0.5, 0.6) is 0 Å². The van der Waals surface area contributed by atoms with Crippen LogP contribution in [-0.4, -0.2) is 53.0 Å². The largest absolute Gasteiger partial charge is 0.480 e. The molecule has 0 radical (unpaired) electrons. The first-order valence-corrected chi connectivity index (χ1v) is 5.88. The number of ether oxygens (including phenoxy) is 1. The molecule has 0 aromatic carbocycles. The summed E-state index contributed by atoms with van der Waals surface area (Å²) in [6, 6.07) is 2.21. The Morgan fingerprint density at radius 2 is 2.26 bits per heavy atom. The van der Waals surface area contributed by atoms with Gasteiger partial charge in [-0.1, -0.05) is 0 Å². The highest BCUT2D eigenvalue weighted by atomic mass is 16.5. The lowest BCUT2D eigenvalue weighted by Gasteiger charge is -2.14. The molecule has 0 aliphatic rings. The van der Waals surface area contributed by atoms with Gasteiger partial charge in [-0.2, -0.15) is 0 Å². The molecule has 0 saturated heterocycles. The first kappa shape index (κ1) is 15.2. The van der Waals surface area contributed by atoms with Crippen LogP contribution in [0.4, 0.5) is 0 Å². The van der Waals surface area contributed by atoms with Crippen LogP contribution < -0.4 is 5.32 Å². The maximum Gasteiger partial charge on any atom is 0.326 e. The van der Waals surface area contributed by atoms with Gasteiger partial charge in [-0.15, -0.1) is 0 Å². The number of methoxy groups -OCH3 is 1. The Morgan fingerprint density at radius 1 is 1.53 bits per heavy atom. The maximum absolute atomic E-state index is 12.0. The third kappa shape index (κ3) is 4.38. The highest BCUT2D eigenvalue weighted by Gasteiger charge is 2.21. The number of nitrogens with one attached hydrogen (secondary N) is 1. The van der Waals surface area contributed by atoms with Crippen molar-refractivity contribution in [3.63, 3.8) is 0 Å². The minimum absolute atomic E-state index is 0.0279. The molecule has 0 fully saturated rings. The van der Waals surface area contributed by atoms with Crippen molar-refractivity contribution in [2.45, 2.75) is 19.0 Å². The molecule has 0 aliphatic carbocycles. The predicted molar refractivity (Wildman–Crippen MR) is 66.9 cm³/mol. The Labute approximate surface area is 110 Å². The molecule has 1 amide bonds. The molecular formula is C12H18N2O5. The molecule has 1 aromatic heterocycles. The van der Waals surface area contributed by atoms with E-state index in [-0.39, 0.29) is 13.0 Å². The van der Waals surface area contributed by atoms with Gasteiger partial charge < -0.3 is 24.8 Å². The normalized spacial score (nSPS) is 12.1. The molecule has 1 rings (SSSR count). The second-order valence-corrected chi connectivity index (χ2v) is 3.96. The Hall–Kier alpha value is -1.86. The average molecular weight is 270 g/mol. The molecule has 0 saturated carbocycles. The Morgan fingerprint density at radius 3 is 2.84 bits per heavy atom. The molecular weight excluding hydrogens is 252 g/mol. The summed E-state index contributed by atoms with van der Waals surface area (Å²) < 4.78 is 6.61. The SMILES string of the molecule is COCCn1cccc1C(=O)N[C@H](CCO)C(=O)O. The van der Waals surface area contributed by atoms with Gasteiger partial charge >= 0.3 is 5.97 Å². The fraction of sp³-hybridized carbons (Fsp3) is 0.500. The summed E-state index contributed by atoms with van der Waals surface area (Å²) in [5, 5.41) is 20.0. The van der Waals surface area contributed by atoms with Crippen molar-refractivity contribution in [2.24, 2.45) is 0 Å². The van der Waals surface area contributed by atoms with Crippen LogP contribution in [0, 0.1) is 0 Å². The van der Waals surface area contributed by atoms with Gasteiger partial charge in [-0.25, -0.2) is 4.79 Å².